The average Bonchev–Trinajstić information content (AvgIpc) is 2.16. The molecule has 0 spiro atoms. The minimum Gasteiger partial charge on any atom is -0.409 e. The molecule has 0 aromatic carbocycles. The molecule has 84 valence electrons. The minimum atomic E-state index is 0.331. The summed E-state index contributed by atoms with van der Waals surface area (Å²) in [6.45, 7) is 8.75. The van der Waals surface area contributed by atoms with Crippen molar-refractivity contribution in [3.8, 4) is 0 Å². The van der Waals surface area contributed by atoms with E-state index >= 15 is 0 Å². The molecule has 14 heavy (non-hydrogen) atoms. The zero-order chi connectivity index (χ0) is 11.0. The molecule has 0 atom stereocenters. The highest BCUT2D eigenvalue weighted by Crippen LogP contribution is 2.02. The lowest BCUT2D eigenvalue weighted by atomic mass is 10.2. The van der Waals surface area contributed by atoms with E-state index in [0.29, 0.717) is 18.3 Å². The summed E-state index contributed by atoms with van der Waals surface area (Å²) in [5.41, 5.74) is 5.37. The van der Waals surface area contributed by atoms with Crippen LogP contribution in [0.25, 0.3) is 0 Å². The first-order valence-electron chi connectivity index (χ1n) is 5.32. The number of nitrogens with zero attached hydrogens (tertiary/aromatic N) is 2. The summed E-state index contributed by atoms with van der Waals surface area (Å²) in [5.74, 6) is 0.331. The molecule has 0 aliphatic heterocycles. The van der Waals surface area contributed by atoms with Gasteiger partial charge in [-0.1, -0.05) is 12.1 Å². The Kier molecular flexibility index (Phi) is 7.20. The Morgan fingerprint density at radius 3 is 2.50 bits per heavy atom. The molecule has 0 radical (unpaired) electrons. The summed E-state index contributed by atoms with van der Waals surface area (Å²) >= 11 is 0. The maximum atomic E-state index is 8.33. The molecule has 0 aromatic rings. The van der Waals surface area contributed by atoms with Gasteiger partial charge in [0.05, 0.1) is 0 Å². The van der Waals surface area contributed by atoms with Crippen molar-refractivity contribution in [1.82, 2.24) is 4.90 Å². The Labute approximate surface area is 86.8 Å². The molecule has 0 heterocycles. The molecule has 0 fully saturated rings. The van der Waals surface area contributed by atoms with Crippen LogP contribution in [0.15, 0.2) is 5.16 Å². The Morgan fingerprint density at radius 2 is 2.07 bits per heavy atom. The van der Waals surface area contributed by atoms with E-state index in [9.17, 15) is 0 Å². The van der Waals surface area contributed by atoms with Crippen LogP contribution in [0, 0.1) is 0 Å². The summed E-state index contributed by atoms with van der Waals surface area (Å²) in [6, 6.07) is 0.601. The van der Waals surface area contributed by atoms with Crippen LogP contribution in [0.2, 0.25) is 0 Å². The van der Waals surface area contributed by atoms with Gasteiger partial charge in [0.25, 0.3) is 0 Å². The first-order valence-corrected chi connectivity index (χ1v) is 5.32. The van der Waals surface area contributed by atoms with E-state index in [2.05, 4.69) is 30.8 Å². The number of rotatable bonds is 7. The van der Waals surface area contributed by atoms with E-state index in [1.165, 1.54) is 0 Å². The number of hydrogen-bond acceptors (Lipinski definition) is 3. The Morgan fingerprint density at radius 1 is 1.43 bits per heavy atom. The molecule has 0 aliphatic rings. The second-order valence-corrected chi connectivity index (χ2v) is 3.77. The molecule has 0 rings (SSSR count). The predicted molar refractivity (Wildman–Crippen MR) is 59.6 cm³/mol. The second kappa shape index (κ2) is 7.62. The summed E-state index contributed by atoms with van der Waals surface area (Å²) in [5, 5.41) is 11.3. The van der Waals surface area contributed by atoms with Gasteiger partial charge >= 0.3 is 0 Å². The number of nitrogens with two attached hydrogens (primary N) is 1. The van der Waals surface area contributed by atoms with Crippen LogP contribution in [0.5, 0.6) is 0 Å². The quantitative estimate of drug-likeness (QED) is 0.216. The smallest absolute Gasteiger partial charge is 0.139 e. The molecule has 0 saturated heterocycles. The van der Waals surface area contributed by atoms with Crippen LogP contribution in [0.3, 0.4) is 0 Å². The third-order valence-electron chi connectivity index (χ3n) is 2.39. The minimum absolute atomic E-state index is 0.331. The van der Waals surface area contributed by atoms with Crippen LogP contribution in [-0.4, -0.2) is 35.1 Å². The number of unbranched alkanes of at least 4 members (excludes halogenated alkanes) is 1. The fourth-order valence-electron chi connectivity index (χ4n) is 1.45. The van der Waals surface area contributed by atoms with Crippen molar-refractivity contribution in [2.24, 2.45) is 10.9 Å². The fourth-order valence-corrected chi connectivity index (χ4v) is 1.45. The summed E-state index contributed by atoms with van der Waals surface area (Å²) < 4.78 is 0. The van der Waals surface area contributed by atoms with Gasteiger partial charge in [-0.15, -0.1) is 0 Å². The Hall–Kier alpha value is -0.770. The van der Waals surface area contributed by atoms with Crippen LogP contribution in [-0.2, 0) is 0 Å². The van der Waals surface area contributed by atoms with Crippen molar-refractivity contribution in [1.29, 1.82) is 0 Å². The monoisotopic (exact) mass is 201 g/mol. The Balaban J connectivity index is 3.52. The number of oxime groups is 1. The first kappa shape index (κ1) is 13.2. The van der Waals surface area contributed by atoms with Crippen molar-refractivity contribution >= 4 is 5.84 Å². The lowest BCUT2D eigenvalue weighted by molar-refractivity contribution is 0.229. The molecule has 4 nitrogen and oxygen atoms in total. The highest BCUT2D eigenvalue weighted by Gasteiger charge is 2.05. The maximum absolute atomic E-state index is 8.33. The van der Waals surface area contributed by atoms with E-state index in [4.69, 9.17) is 10.9 Å². The molecule has 0 saturated carbocycles. The van der Waals surface area contributed by atoms with Crippen molar-refractivity contribution in [3.63, 3.8) is 0 Å². The molecular weight excluding hydrogens is 178 g/mol. The van der Waals surface area contributed by atoms with Gasteiger partial charge in [0.1, 0.15) is 5.84 Å². The second-order valence-electron chi connectivity index (χ2n) is 3.77. The Bertz CT molecular complexity index is 169. The lowest BCUT2D eigenvalue weighted by Crippen LogP contribution is -2.31. The molecule has 3 N–H and O–H groups in total. The molecular formula is C10H23N3O. The molecule has 4 heteroatoms. The highest BCUT2D eigenvalue weighted by molar-refractivity contribution is 5.79. The first-order chi connectivity index (χ1) is 6.61. The summed E-state index contributed by atoms with van der Waals surface area (Å²) in [4.78, 5) is 2.41. The van der Waals surface area contributed by atoms with Crippen molar-refractivity contribution in [2.45, 2.75) is 46.1 Å². The predicted octanol–water partition coefficient (Wildman–Crippen LogP) is 1.63. The van der Waals surface area contributed by atoms with Crippen LogP contribution in [0.4, 0.5) is 0 Å². The molecule has 0 aliphatic carbocycles. The largest absolute Gasteiger partial charge is 0.409 e. The number of hydrogen-bond donors (Lipinski definition) is 2. The van der Waals surface area contributed by atoms with Gasteiger partial charge in [-0.05, 0) is 39.8 Å². The zero-order valence-corrected chi connectivity index (χ0v) is 9.53. The van der Waals surface area contributed by atoms with E-state index < -0.39 is 0 Å². The third-order valence-corrected chi connectivity index (χ3v) is 2.39. The van der Waals surface area contributed by atoms with Gasteiger partial charge in [-0.25, -0.2) is 0 Å². The van der Waals surface area contributed by atoms with Crippen LogP contribution >= 0.6 is 0 Å². The fraction of sp³-hybridized carbons (Fsp3) is 0.900. The van der Waals surface area contributed by atoms with Gasteiger partial charge in [0.15, 0.2) is 0 Å². The van der Waals surface area contributed by atoms with Gasteiger partial charge in [0, 0.05) is 12.5 Å². The van der Waals surface area contributed by atoms with Gasteiger partial charge < -0.3 is 15.8 Å². The maximum Gasteiger partial charge on any atom is 0.139 e. The molecule has 0 unspecified atom stereocenters. The topological polar surface area (TPSA) is 61.8 Å². The number of amidine groups is 1. The van der Waals surface area contributed by atoms with E-state index in [0.717, 1.165) is 25.9 Å². The van der Waals surface area contributed by atoms with Gasteiger partial charge in [-0.2, -0.15) is 0 Å². The molecule has 0 amide bonds. The van der Waals surface area contributed by atoms with Crippen molar-refractivity contribution in [2.75, 3.05) is 13.1 Å². The highest BCUT2D eigenvalue weighted by atomic mass is 16.4. The van der Waals surface area contributed by atoms with E-state index in [1.54, 1.807) is 0 Å². The molecule has 0 aromatic heterocycles. The standard InChI is InChI=1S/C10H23N3O/c1-4-13(9(2)3)8-6-5-7-10(11)12-14/h9,14H,4-8H2,1-3H3,(H2,11,12). The van der Waals surface area contributed by atoms with Gasteiger partial charge in [0.2, 0.25) is 0 Å². The van der Waals surface area contributed by atoms with Crippen molar-refractivity contribution in [3.05, 3.63) is 0 Å². The summed E-state index contributed by atoms with van der Waals surface area (Å²) in [7, 11) is 0. The lowest BCUT2D eigenvalue weighted by Gasteiger charge is -2.24. The third kappa shape index (κ3) is 5.80. The van der Waals surface area contributed by atoms with Crippen LogP contribution in [0.1, 0.15) is 40.0 Å². The molecule has 0 bridgehead atoms. The van der Waals surface area contributed by atoms with E-state index in [-0.39, 0.29) is 0 Å². The normalized spacial score (nSPS) is 12.8. The summed E-state index contributed by atoms with van der Waals surface area (Å²) in [6.07, 6.45) is 2.77. The SMILES string of the molecule is CCN(CCCC/C(N)=N/O)C(C)C. The van der Waals surface area contributed by atoms with Crippen molar-refractivity contribution < 1.29 is 5.21 Å². The van der Waals surface area contributed by atoms with Gasteiger partial charge in [-0.3, -0.25) is 0 Å². The van der Waals surface area contributed by atoms with Crippen LogP contribution < -0.4 is 5.73 Å². The van der Waals surface area contributed by atoms with E-state index in [1.807, 2.05) is 0 Å². The average molecular weight is 201 g/mol. The zero-order valence-electron chi connectivity index (χ0n) is 9.53.